The Kier molecular flexibility index (Phi) is 4.56. The molecule has 0 heterocycles. The van der Waals surface area contributed by atoms with Crippen LogP contribution in [0.4, 0.5) is 4.39 Å². The normalized spacial score (nSPS) is 12.2. The van der Waals surface area contributed by atoms with Crippen molar-refractivity contribution >= 4 is 15.9 Å². The third-order valence-corrected chi connectivity index (χ3v) is 3.54. The molecule has 0 saturated heterocycles. The van der Waals surface area contributed by atoms with Gasteiger partial charge in [0.15, 0.2) is 0 Å². The number of halogens is 2. The zero-order valence-corrected chi connectivity index (χ0v) is 12.4. The first-order valence-electron chi connectivity index (χ1n) is 5.92. The van der Waals surface area contributed by atoms with E-state index in [4.69, 9.17) is 4.74 Å². The van der Waals surface area contributed by atoms with Gasteiger partial charge in [0.05, 0.1) is 13.2 Å². The summed E-state index contributed by atoms with van der Waals surface area (Å²) in [5, 5.41) is 3.14. The molecule has 1 unspecified atom stereocenters. The molecule has 0 aliphatic carbocycles. The number of hydrogen-bond donors (Lipinski definition) is 1. The van der Waals surface area contributed by atoms with Crippen molar-refractivity contribution in [3.05, 3.63) is 63.9 Å². The molecule has 2 rings (SSSR count). The van der Waals surface area contributed by atoms with Gasteiger partial charge in [-0.2, -0.15) is 0 Å². The Morgan fingerprint density at radius 3 is 2.37 bits per heavy atom. The standard InChI is InChI=1S/C15H15BrFNO/c1-18-15(10-3-5-11(16)6-4-10)13-8-7-12(19-2)9-14(13)17/h3-9,15,18H,1-2H3. The first kappa shape index (κ1) is 14.0. The first-order valence-corrected chi connectivity index (χ1v) is 6.71. The number of hydrogen-bond acceptors (Lipinski definition) is 2. The Labute approximate surface area is 120 Å². The highest BCUT2D eigenvalue weighted by atomic mass is 79.9. The van der Waals surface area contributed by atoms with Gasteiger partial charge in [-0.05, 0) is 30.8 Å². The molecule has 4 heteroatoms. The molecule has 0 spiro atoms. The topological polar surface area (TPSA) is 21.3 Å². The minimum atomic E-state index is -0.276. The lowest BCUT2D eigenvalue weighted by molar-refractivity contribution is 0.410. The molecule has 100 valence electrons. The summed E-state index contributed by atoms with van der Waals surface area (Å²) < 4.78 is 20.1. The van der Waals surface area contributed by atoms with Crippen molar-refractivity contribution in [3.63, 3.8) is 0 Å². The second kappa shape index (κ2) is 6.17. The van der Waals surface area contributed by atoms with Crippen LogP contribution in [-0.2, 0) is 0 Å². The highest BCUT2D eigenvalue weighted by Gasteiger charge is 2.16. The van der Waals surface area contributed by atoms with E-state index in [1.54, 1.807) is 12.1 Å². The third-order valence-electron chi connectivity index (χ3n) is 3.01. The molecule has 19 heavy (non-hydrogen) atoms. The average Bonchev–Trinajstić information content (AvgIpc) is 2.43. The van der Waals surface area contributed by atoms with Crippen LogP contribution in [0.2, 0.25) is 0 Å². The second-order valence-corrected chi connectivity index (χ2v) is 5.08. The predicted octanol–water partition coefficient (Wildman–Crippen LogP) is 3.91. The van der Waals surface area contributed by atoms with E-state index in [1.165, 1.54) is 13.2 Å². The van der Waals surface area contributed by atoms with Crippen molar-refractivity contribution in [1.29, 1.82) is 0 Å². The van der Waals surface area contributed by atoms with Gasteiger partial charge in [0.2, 0.25) is 0 Å². The zero-order chi connectivity index (χ0) is 13.8. The maximum absolute atomic E-state index is 14.1. The van der Waals surface area contributed by atoms with E-state index in [0.29, 0.717) is 11.3 Å². The lowest BCUT2D eigenvalue weighted by atomic mass is 9.98. The molecule has 0 aliphatic rings. The van der Waals surface area contributed by atoms with Crippen molar-refractivity contribution in [2.45, 2.75) is 6.04 Å². The van der Waals surface area contributed by atoms with Crippen molar-refractivity contribution in [1.82, 2.24) is 5.32 Å². The van der Waals surface area contributed by atoms with Crippen LogP contribution in [0.5, 0.6) is 5.75 Å². The van der Waals surface area contributed by atoms with Gasteiger partial charge in [0, 0.05) is 16.1 Å². The minimum Gasteiger partial charge on any atom is -0.497 e. The average molecular weight is 324 g/mol. The molecular weight excluding hydrogens is 309 g/mol. The molecule has 0 bridgehead atoms. The van der Waals surface area contributed by atoms with E-state index in [1.807, 2.05) is 31.3 Å². The molecule has 2 aromatic rings. The van der Waals surface area contributed by atoms with Crippen LogP contribution in [0.3, 0.4) is 0 Å². The highest BCUT2D eigenvalue weighted by Crippen LogP contribution is 2.27. The molecule has 0 radical (unpaired) electrons. The molecule has 0 aromatic heterocycles. The summed E-state index contributed by atoms with van der Waals surface area (Å²) in [7, 11) is 3.34. The van der Waals surface area contributed by atoms with Gasteiger partial charge >= 0.3 is 0 Å². The molecule has 1 atom stereocenters. The van der Waals surface area contributed by atoms with Gasteiger partial charge in [-0.15, -0.1) is 0 Å². The molecule has 2 nitrogen and oxygen atoms in total. The van der Waals surface area contributed by atoms with Crippen molar-refractivity contribution < 1.29 is 9.13 Å². The number of methoxy groups -OCH3 is 1. The number of nitrogens with one attached hydrogen (secondary N) is 1. The van der Waals surface area contributed by atoms with E-state index < -0.39 is 0 Å². The quantitative estimate of drug-likeness (QED) is 0.921. The number of benzene rings is 2. The number of ether oxygens (including phenoxy) is 1. The van der Waals surface area contributed by atoms with Gasteiger partial charge in [-0.25, -0.2) is 4.39 Å². The van der Waals surface area contributed by atoms with Gasteiger partial charge in [0.1, 0.15) is 11.6 Å². The van der Waals surface area contributed by atoms with Crippen molar-refractivity contribution in [2.24, 2.45) is 0 Å². The van der Waals surface area contributed by atoms with Crippen LogP contribution in [0.25, 0.3) is 0 Å². The second-order valence-electron chi connectivity index (χ2n) is 4.16. The maximum Gasteiger partial charge on any atom is 0.132 e. The van der Waals surface area contributed by atoms with E-state index in [9.17, 15) is 4.39 Å². The van der Waals surface area contributed by atoms with Crippen LogP contribution >= 0.6 is 15.9 Å². The zero-order valence-electron chi connectivity index (χ0n) is 10.8. The lowest BCUT2D eigenvalue weighted by Crippen LogP contribution is -2.18. The van der Waals surface area contributed by atoms with Crippen LogP contribution in [0.15, 0.2) is 46.9 Å². The summed E-state index contributed by atoms with van der Waals surface area (Å²) in [5.41, 5.74) is 1.61. The summed E-state index contributed by atoms with van der Waals surface area (Å²) in [6.07, 6.45) is 0. The van der Waals surface area contributed by atoms with Crippen LogP contribution in [0.1, 0.15) is 17.2 Å². The summed E-state index contributed by atoms with van der Waals surface area (Å²) >= 11 is 3.40. The summed E-state index contributed by atoms with van der Waals surface area (Å²) in [6, 6.07) is 12.6. The molecule has 0 saturated carbocycles. The predicted molar refractivity (Wildman–Crippen MR) is 78.0 cm³/mol. The first-order chi connectivity index (χ1) is 9.15. The van der Waals surface area contributed by atoms with Crippen LogP contribution < -0.4 is 10.1 Å². The van der Waals surface area contributed by atoms with Crippen LogP contribution in [0, 0.1) is 5.82 Å². The van der Waals surface area contributed by atoms with Crippen molar-refractivity contribution in [2.75, 3.05) is 14.2 Å². The summed E-state index contributed by atoms with van der Waals surface area (Å²) in [4.78, 5) is 0. The number of rotatable bonds is 4. The van der Waals surface area contributed by atoms with Crippen molar-refractivity contribution in [3.8, 4) is 5.75 Å². The summed E-state index contributed by atoms with van der Waals surface area (Å²) in [6.45, 7) is 0. The molecule has 0 fully saturated rings. The SMILES string of the molecule is CNC(c1ccc(Br)cc1)c1ccc(OC)cc1F. The molecular formula is C15H15BrFNO. The van der Waals surface area contributed by atoms with Gasteiger partial charge in [-0.3, -0.25) is 0 Å². The van der Waals surface area contributed by atoms with Crippen LogP contribution in [-0.4, -0.2) is 14.2 Å². The molecule has 0 amide bonds. The van der Waals surface area contributed by atoms with Gasteiger partial charge in [-0.1, -0.05) is 34.1 Å². The monoisotopic (exact) mass is 323 g/mol. The Morgan fingerprint density at radius 2 is 1.84 bits per heavy atom. The smallest absolute Gasteiger partial charge is 0.132 e. The molecule has 2 aromatic carbocycles. The highest BCUT2D eigenvalue weighted by molar-refractivity contribution is 9.10. The third kappa shape index (κ3) is 3.14. The van der Waals surface area contributed by atoms with E-state index in [2.05, 4.69) is 21.2 Å². The Morgan fingerprint density at radius 1 is 1.16 bits per heavy atom. The van der Waals surface area contributed by atoms with E-state index in [0.717, 1.165) is 10.0 Å². The van der Waals surface area contributed by atoms with E-state index >= 15 is 0 Å². The van der Waals surface area contributed by atoms with Gasteiger partial charge < -0.3 is 10.1 Å². The molecule has 1 N–H and O–H groups in total. The van der Waals surface area contributed by atoms with Gasteiger partial charge in [0.25, 0.3) is 0 Å². The Hall–Kier alpha value is -1.39. The maximum atomic E-state index is 14.1. The summed E-state index contributed by atoms with van der Waals surface area (Å²) in [5.74, 6) is 0.244. The Bertz CT molecular complexity index is 557. The lowest BCUT2D eigenvalue weighted by Gasteiger charge is -2.18. The fourth-order valence-corrected chi connectivity index (χ4v) is 2.29. The Balaban J connectivity index is 2.39. The van der Waals surface area contributed by atoms with E-state index in [-0.39, 0.29) is 11.9 Å². The largest absolute Gasteiger partial charge is 0.497 e. The molecule has 0 aliphatic heterocycles. The fraction of sp³-hybridized carbons (Fsp3) is 0.200. The minimum absolute atomic E-state index is 0.181. The fourth-order valence-electron chi connectivity index (χ4n) is 2.03.